The van der Waals surface area contributed by atoms with Gasteiger partial charge >= 0.3 is 0 Å². The molecule has 1 heterocycles. The summed E-state index contributed by atoms with van der Waals surface area (Å²) in [6, 6.07) is 11.1. The molecule has 1 aromatic heterocycles. The van der Waals surface area contributed by atoms with E-state index in [4.69, 9.17) is 39.5 Å². The van der Waals surface area contributed by atoms with Gasteiger partial charge < -0.3 is 4.74 Å². The number of nitrogens with zero attached hydrogens (tertiary/aromatic N) is 2. The summed E-state index contributed by atoms with van der Waals surface area (Å²) in [6.07, 6.45) is 0. The average molecular weight is 342 g/mol. The first-order chi connectivity index (χ1) is 10.1. The highest BCUT2D eigenvalue weighted by molar-refractivity contribution is 6.42. The first-order valence-corrected chi connectivity index (χ1v) is 7.50. The zero-order chi connectivity index (χ0) is 15.0. The summed E-state index contributed by atoms with van der Waals surface area (Å²) < 4.78 is 7.23. The van der Waals surface area contributed by atoms with Crippen LogP contribution in [0, 0.1) is 0 Å². The topological polar surface area (TPSA) is 27.1 Å². The molecular weight excluding hydrogens is 331 g/mol. The first-order valence-electron chi connectivity index (χ1n) is 6.21. The van der Waals surface area contributed by atoms with Crippen LogP contribution in [-0.4, -0.2) is 16.7 Å². The molecule has 0 radical (unpaired) electrons. The van der Waals surface area contributed by atoms with Crippen LogP contribution < -0.4 is 4.74 Å². The average Bonchev–Trinajstić information content (AvgIpc) is 2.87. The number of rotatable bonds is 3. The minimum absolute atomic E-state index is 0.289. The van der Waals surface area contributed by atoms with Crippen LogP contribution in [-0.2, 0) is 5.88 Å². The highest BCUT2D eigenvalue weighted by Crippen LogP contribution is 2.30. The maximum atomic E-state index is 6.11. The van der Waals surface area contributed by atoms with Crippen LogP contribution >= 0.6 is 34.8 Å². The van der Waals surface area contributed by atoms with Gasteiger partial charge in [0.25, 0.3) is 0 Å². The Balaban J connectivity index is 2.30. The Bertz CT molecular complexity index is 814. The van der Waals surface area contributed by atoms with Gasteiger partial charge in [-0.25, -0.2) is 4.98 Å². The fraction of sp³-hybridized carbons (Fsp3) is 0.133. The van der Waals surface area contributed by atoms with Gasteiger partial charge in [0.1, 0.15) is 11.6 Å². The van der Waals surface area contributed by atoms with E-state index in [0.29, 0.717) is 10.0 Å². The number of methoxy groups -OCH3 is 1. The van der Waals surface area contributed by atoms with Crippen molar-refractivity contribution in [1.82, 2.24) is 9.55 Å². The summed E-state index contributed by atoms with van der Waals surface area (Å²) in [4.78, 5) is 4.53. The highest BCUT2D eigenvalue weighted by atomic mass is 35.5. The van der Waals surface area contributed by atoms with Crippen LogP contribution in [0.2, 0.25) is 10.0 Å². The Hall–Kier alpha value is -1.42. The lowest BCUT2D eigenvalue weighted by atomic mass is 10.2. The summed E-state index contributed by atoms with van der Waals surface area (Å²) in [6.45, 7) is 0. The Morgan fingerprint density at radius 1 is 1.10 bits per heavy atom. The highest BCUT2D eigenvalue weighted by Gasteiger charge is 2.13. The Morgan fingerprint density at radius 3 is 2.57 bits per heavy atom. The fourth-order valence-corrected chi connectivity index (χ4v) is 2.71. The molecule has 21 heavy (non-hydrogen) atoms. The van der Waals surface area contributed by atoms with E-state index in [9.17, 15) is 0 Å². The van der Waals surface area contributed by atoms with Crippen molar-refractivity contribution >= 4 is 45.8 Å². The molecule has 2 aromatic carbocycles. The van der Waals surface area contributed by atoms with E-state index in [2.05, 4.69) is 4.98 Å². The van der Waals surface area contributed by atoms with Gasteiger partial charge in [-0.2, -0.15) is 0 Å². The number of aromatic nitrogens is 2. The lowest BCUT2D eigenvalue weighted by Crippen LogP contribution is -1.99. The second kappa shape index (κ2) is 5.76. The van der Waals surface area contributed by atoms with Crippen molar-refractivity contribution in [2.45, 2.75) is 5.88 Å². The van der Waals surface area contributed by atoms with Crippen LogP contribution in [0.3, 0.4) is 0 Å². The first kappa shape index (κ1) is 14.5. The molecule has 0 atom stereocenters. The Kier molecular flexibility index (Phi) is 3.98. The van der Waals surface area contributed by atoms with Crippen LogP contribution in [0.25, 0.3) is 16.7 Å². The summed E-state index contributed by atoms with van der Waals surface area (Å²) in [5, 5.41) is 0.995. The normalized spacial score (nSPS) is 11.0. The van der Waals surface area contributed by atoms with Gasteiger partial charge in [-0.3, -0.25) is 4.57 Å². The van der Waals surface area contributed by atoms with Crippen molar-refractivity contribution in [3.63, 3.8) is 0 Å². The molecule has 0 unspecified atom stereocenters. The number of imidazole rings is 1. The smallest absolute Gasteiger partial charge is 0.129 e. The van der Waals surface area contributed by atoms with E-state index in [-0.39, 0.29) is 5.88 Å². The minimum atomic E-state index is 0.289. The lowest BCUT2D eigenvalue weighted by molar-refractivity contribution is 0.415. The van der Waals surface area contributed by atoms with E-state index in [0.717, 1.165) is 28.3 Å². The van der Waals surface area contributed by atoms with E-state index in [1.807, 2.05) is 28.8 Å². The molecule has 0 aliphatic heterocycles. The molecule has 3 nitrogen and oxygen atoms in total. The summed E-state index contributed by atoms with van der Waals surface area (Å²) in [7, 11) is 1.63. The maximum absolute atomic E-state index is 6.11. The van der Waals surface area contributed by atoms with Gasteiger partial charge in [0.2, 0.25) is 0 Å². The van der Waals surface area contributed by atoms with Crippen molar-refractivity contribution < 1.29 is 4.74 Å². The van der Waals surface area contributed by atoms with Crippen LogP contribution in [0.4, 0.5) is 0 Å². The Morgan fingerprint density at radius 2 is 1.90 bits per heavy atom. The zero-order valence-corrected chi connectivity index (χ0v) is 13.4. The summed E-state index contributed by atoms with van der Waals surface area (Å²) in [5.41, 5.74) is 2.61. The molecule has 3 rings (SSSR count). The molecule has 0 aliphatic carbocycles. The van der Waals surface area contributed by atoms with Crippen molar-refractivity contribution in [1.29, 1.82) is 0 Å². The summed E-state index contributed by atoms with van der Waals surface area (Å²) >= 11 is 18.1. The van der Waals surface area contributed by atoms with Gasteiger partial charge in [0.15, 0.2) is 0 Å². The molecule has 3 aromatic rings. The number of benzene rings is 2. The second-order valence-corrected chi connectivity index (χ2v) is 5.53. The van der Waals surface area contributed by atoms with E-state index < -0.39 is 0 Å². The molecule has 0 N–H and O–H groups in total. The largest absolute Gasteiger partial charge is 0.497 e. The molecule has 0 aliphatic rings. The molecular formula is C15H11Cl3N2O. The van der Waals surface area contributed by atoms with Gasteiger partial charge in [0, 0.05) is 11.8 Å². The van der Waals surface area contributed by atoms with Gasteiger partial charge in [-0.15, -0.1) is 11.6 Å². The predicted molar refractivity (Wildman–Crippen MR) is 87.2 cm³/mol. The van der Waals surface area contributed by atoms with E-state index in [1.165, 1.54) is 0 Å². The van der Waals surface area contributed by atoms with Crippen molar-refractivity contribution in [3.8, 4) is 11.4 Å². The van der Waals surface area contributed by atoms with Gasteiger partial charge in [0.05, 0.1) is 34.1 Å². The molecule has 108 valence electrons. The van der Waals surface area contributed by atoms with Crippen LogP contribution in [0.1, 0.15) is 5.82 Å². The third-order valence-corrected chi connectivity index (χ3v) is 4.19. The van der Waals surface area contributed by atoms with E-state index in [1.54, 1.807) is 19.2 Å². The third-order valence-electron chi connectivity index (χ3n) is 3.21. The second-order valence-electron chi connectivity index (χ2n) is 4.45. The Labute approximate surface area is 137 Å². The zero-order valence-electron chi connectivity index (χ0n) is 11.1. The number of alkyl halides is 1. The van der Waals surface area contributed by atoms with Crippen LogP contribution in [0.5, 0.6) is 5.75 Å². The van der Waals surface area contributed by atoms with E-state index >= 15 is 0 Å². The third kappa shape index (κ3) is 2.57. The molecule has 0 bridgehead atoms. The minimum Gasteiger partial charge on any atom is -0.497 e. The van der Waals surface area contributed by atoms with Crippen molar-refractivity contribution in [3.05, 3.63) is 52.3 Å². The number of halogens is 3. The maximum Gasteiger partial charge on any atom is 0.129 e. The molecule has 0 fully saturated rings. The van der Waals surface area contributed by atoms with Gasteiger partial charge in [-0.1, -0.05) is 23.2 Å². The number of fused-ring (bicyclic) bond motifs is 1. The number of ether oxygens (including phenoxy) is 1. The lowest BCUT2D eigenvalue weighted by Gasteiger charge is -2.09. The molecule has 0 spiro atoms. The molecule has 0 saturated heterocycles. The number of hydrogen-bond donors (Lipinski definition) is 0. The van der Waals surface area contributed by atoms with Crippen molar-refractivity contribution in [2.75, 3.05) is 7.11 Å². The standard InChI is InChI=1S/C15H11Cl3N2O/c1-21-10-3-5-13-14(7-10)20(15(8-16)19-13)9-2-4-11(17)12(18)6-9/h2-7H,8H2,1H3. The van der Waals surface area contributed by atoms with Crippen molar-refractivity contribution in [2.24, 2.45) is 0 Å². The molecule has 6 heteroatoms. The molecule has 0 saturated carbocycles. The van der Waals surface area contributed by atoms with Gasteiger partial charge in [-0.05, 0) is 30.3 Å². The quantitative estimate of drug-likeness (QED) is 0.621. The van der Waals surface area contributed by atoms with Crippen LogP contribution in [0.15, 0.2) is 36.4 Å². The fourth-order valence-electron chi connectivity index (χ4n) is 2.23. The number of hydrogen-bond acceptors (Lipinski definition) is 2. The SMILES string of the molecule is COc1ccc2nc(CCl)n(-c3ccc(Cl)c(Cl)c3)c2c1. The summed E-state index contributed by atoms with van der Waals surface area (Å²) in [5.74, 6) is 1.78. The molecule has 0 amide bonds. The predicted octanol–water partition coefficient (Wildman–Crippen LogP) is 5.08. The monoisotopic (exact) mass is 340 g/mol.